The Hall–Kier alpha value is -8.44. The molecule has 0 unspecified atom stereocenters. The Bertz CT molecular complexity index is 4120. The molecule has 1 fully saturated rings. The number of thiocarbonyl (C=S) groups is 1. The van der Waals surface area contributed by atoms with E-state index in [0.29, 0.717) is 72.4 Å². The van der Waals surface area contributed by atoms with Gasteiger partial charge < -0.3 is 107 Å². The number of hydrogen-bond acceptors (Lipinski definition) is 22. The quantitative estimate of drug-likeness (QED) is 0.0534. The number of aromatic carboxylic acids is 2. The minimum atomic E-state index is -1.31. The average Bonchev–Trinajstić information content (AvgIpc) is 1.81. The van der Waals surface area contributed by atoms with Crippen LogP contribution in [0.15, 0.2) is 125 Å². The van der Waals surface area contributed by atoms with Crippen molar-refractivity contribution in [1.29, 1.82) is 0 Å². The Morgan fingerprint density at radius 2 is 0.727 bits per heavy atom. The molecule has 7 aromatic rings. The minimum Gasteiger partial charge on any atom is -0.503 e. The van der Waals surface area contributed by atoms with Crippen molar-refractivity contribution < 1.29 is 150 Å². The van der Waals surface area contributed by atoms with Gasteiger partial charge in [0, 0.05) is 212 Å². The summed E-state index contributed by atoms with van der Waals surface area (Å²) in [5.41, 5.74) is 14.5. The number of carbonyl (C=O) groups is 6. The minimum absolute atomic E-state index is 0. The fraction of sp³-hybridized carbons (Fsp3) is 0.300. The number of nitrogens with zero attached hydrogens (tertiary/aromatic N) is 8. The first kappa shape index (κ1) is 94.7. The number of hydrogen-bond donors (Lipinski definition) is 12. The van der Waals surface area contributed by atoms with E-state index in [1.165, 1.54) is 122 Å². The smallest absolute Gasteiger partial charge is 0.503 e. The van der Waals surface area contributed by atoms with Gasteiger partial charge in [0.1, 0.15) is 9.88 Å². The summed E-state index contributed by atoms with van der Waals surface area (Å²) < 4.78 is 9.64. The molecule has 0 aliphatic carbocycles. The molecule has 8 rings (SSSR count). The van der Waals surface area contributed by atoms with E-state index < -0.39 is 57.7 Å². The molecule has 1 aliphatic heterocycles. The summed E-state index contributed by atoms with van der Waals surface area (Å²) in [6.07, 6.45) is 10.3. The Labute approximate surface area is 637 Å². The van der Waals surface area contributed by atoms with Crippen molar-refractivity contribution in [2.75, 3.05) is 51.6 Å². The van der Waals surface area contributed by atoms with Crippen LogP contribution in [0.1, 0.15) is 78.8 Å². The maximum Gasteiger partial charge on any atom is 3.00 e. The van der Waals surface area contributed by atoms with Crippen molar-refractivity contribution in [2.45, 2.75) is 20.8 Å². The van der Waals surface area contributed by atoms with E-state index in [-0.39, 0.29) is 158 Å². The van der Waals surface area contributed by atoms with Gasteiger partial charge in [0.2, 0.25) is 0 Å². The molecule has 35 nitrogen and oxygen atoms in total. The van der Waals surface area contributed by atoms with Gasteiger partial charge in [-0.1, -0.05) is 24.0 Å². The summed E-state index contributed by atoms with van der Waals surface area (Å²) in [5.74, 6) is -5.02. The van der Waals surface area contributed by atoms with Crippen LogP contribution in [-0.2, 0) is 49.3 Å². The number of nitrogens with one attached hydrogen (secondary N) is 3. The molecule has 1 aliphatic rings. The maximum absolute atomic E-state index is 12.2. The first-order valence-electron chi connectivity index (χ1n) is 27.9. The predicted molar refractivity (Wildman–Crippen MR) is 364 cm³/mol. The number of aryl methyl sites for hydroxylation is 7. The van der Waals surface area contributed by atoms with E-state index in [9.17, 15) is 72.5 Å². The summed E-state index contributed by atoms with van der Waals surface area (Å²) in [7, 11) is 10.9. The summed E-state index contributed by atoms with van der Waals surface area (Å²) >= 11 is 6.60. The zero-order valence-electron chi connectivity index (χ0n) is 55.1. The second-order valence-corrected chi connectivity index (χ2v) is 21.6. The van der Waals surface area contributed by atoms with Crippen molar-refractivity contribution >= 4 is 63.9 Å². The average molecular weight is 1710 g/mol. The second-order valence-electron chi connectivity index (χ2n) is 19.9. The molecule has 8 heterocycles. The van der Waals surface area contributed by atoms with E-state index in [4.69, 9.17) is 49.8 Å². The van der Waals surface area contributed by atoms with Crippen molar-refractivity contribution in [3.8, 4) is 23.0 Å². The van der Waals surface area contributed by atoms with Gasteiger partial charge in [-0.2, -0.15) is 0 Å². The zero-order chi connectivity index (χ0) is 72.3. The van der Waals surface area contributed by atoms with E-state index in [1.54, 1.807) is 83.7 Å². The van der Waals surface area contributed by atoms with Gasteiger partial charge >= 0.3 is 51.9 Å². The normalized spacial score (nSPS) is 10.4. The van der Waals surface area contributed by atoms with Gasteiger partial charge in [-0.25, -0.2) is 9.59 Å². The van der Waals surface area contributed by atoms with Crippen molar-refractivity contribution in [1.82, 2.24) is 52.8 Å². The SMILES string of the molecule is Cc1c(C(=O)N2CCSC2=S)ccn(C)c1=O.Cc1c(C(=O)NCCN)ccn(C)c1=O.Cc1c(C(=O)O)ccn(C)c1=O.Cn1ccc(C(=O)NCCN)c(O)c1=O.Cn1ccc(C(=O)NCCN)c(O)c1=O.Cn1ccc(C(=O)O)c(O)c1=O.Cn1cccc(O)c1=O.O.O.[Gd+3].[Gd]. The topological polar surface area (TPSA) is 558 Å². The molecule has 7 aromatic heterocycles. The third-order valence-electron chi connectivity index (χ3n) is 13.1. The molecule has 541 valence electrons. The number of pyridine rings is 7. The number of rotatable bonds is 12. The molecule has 19 N–H and O–H groups in total. The number of amides is 4. The molecule has 0 spiro atoms. The Morgan fingerprint density at radius 1 is 0.444 bits per heavy atom. The Kier molecular flexibility index (Phi) is 44.0. The first-order valence-corrected chi connectivity index (χ1v) is 29.3. The van der Waals surface area contributed by atoms with Crippen molar-refractivity contribution in [2.24, 2.45) is 66.5 Å². The van der Waals surface area contributed by atoms with Crippen LogP contribution in [0.4, 0.5) is 0 Å². The van der Waals surface area contributed by atoms with Gasteiger partial charge in [0.15, 0.2) is 23.0 Å². The van der Waals surface area contributed by atoms with Crippen LogP contribution in [0, 0.1) is 101 Å². The molecule has 0 aromatic carbocycles. The molecule has 4 amide bonds. The molecular weight excluding hydrogens is 1630 g/mol. The van der Waals surface area contributed by atoms with Crippen molar-refractivity contribution in [3.63, 3.8) is 0 Å². The summed E-state index contributed by atoms with van der Waals surface area (Å²) in [6.45, 7) is 7.43. The molecule has 99 heavy (non-hydrogen) atoms. The van der Waals surface area contributed by atoms with Crippen LogP contribution >= 0.6 is 24.0 Å². The number of aromatic nitrogens is 7. The standard InChI is InChI=1S/C11H12N2O2S2.C10H15N3O2.2C9H13N3O3.C8H9NO3.C7H7NO4.C6H7NO2.2Gd.2H2O/c1-7-8(3-4-12(2)9(7)14)10(15)13-5-6-17-11(13)16;1-7-8(9(14)12-5-4-11)3-6-13(2)10(7)15;2*1-12-5-2-6(7(13)9(12)15)8(14)11-4-3-10;1-5-6(8(11)12)3-4-9(2)7(5)10;1-8-3-2-4(7(11)12)5(9)6(8)10;1-7-4-2-3-5(8)6(7)9;;;;/h3-4H,5-6H2,1-2H3;3,6H,4-5,11H2,1-2H3,(H,12,14);2*2,5,13H,3-4,10H2,1H3,(H,11,14);3-4H,1-2H3,(H,11,12);2-3,9H,1H3,(H,11,12);2-4,8H,1H3;;;2*1H2/q;;;;;;;;+3;;. The molecule has 1 radical (unpaired) electrons. The van der Waals surface area contributed by atoms with Crippen LogP contribution in [0.3, 0.4) is 0 Å². The van der Waals surface area contributed by atoms with Gasteiger partial charge in [-0.05, 0) is 69.3 Å². The largest absolute Gasteiger partial charge is 3.00 e. The Morgan fingerprint density at radius 3 is 1.05 bits per heavy atom. The van der Waals surface area contributed by atoms with E-state index in [2.05, 4.69) is 16.0 Å². The molecule has 0 saturated carbocycles. The molecule has 39 heteroatoms. The van der Waals surface area contributed by atoms with Crippen LogP contribution in [0.5, 0.6) is 23.0 Å². The van der Waals surface area contributed by atoms with Crippen LogP contribution < -0.4 is 72.1 Å². The second kappa shape index (κ2) is 46.0. The number of carbonyl (C=O) groups excluding carboxylic acids is 4. The van der Waals surface area contributed by atoms with Crippen LogP contribution in [0.25, 0.3) is 0 Å². The van der Waals surface area contributed by atoms with E-state index in [0.717, 1.165) is 10.3 Å². The number of thioether (sulfide) groups is 1. The van der Waals surface area contributed by atoms with Gasteiger partial charge in [0.05, 0.1) is 16.7 Å². The number of carboxylic acid groups (broad SMARTS) is 2. The summed E-state index contributed by atoms with van der Waals surface area (Å²) in [5, 5.41) is 61.3. The first-order chi connectivity index (χ1) is 44.5. The van der Waals surface area contributed by atoms with Crippen LogP contribution in [0.2, 0.25) is 0 Å². The molecular formula is C60H80Gd2N14O21S2+3. The molecule has 0 atom stereocenters. The van der Waals surface area contributed by atoms with Gasteiger partial charge in [-0.3, -0.25) is 57.6 Å². The van der Waals surface area contributed by atoms with Crippen molar-refractivity contribution in [3.05, 3.63) is 214 Å². The summed E-state index contributed by atoms with van der Waals surface area (Å²) in [4.78, 5) is 148. The monoisotopic (exact) mass is 1710 g/mol. The number of nitrogens with two attached hydrogens (primary N) is 3. The zero-order valence-corrected chi connectivity index (χ0v) is 61.3. The van der Waals surface area contributed by atoms with Gasteiger partial charge in [-0.15, -0.1) is 0 Å². The number of aromatic hydroxyl groups is 4. The van der Waals surface area contributed by atoms with Crippen LogP contribution in [-0.4, -0.2) is 170 Å². The van der Waals surface area contributed by atoms with E-state index >= 15 is 0 Å². The summed E-state index contributed by atoms with van der Waals surface area (Å²) in [6, 6.07) is 11.6. The Balaban J connectivity index is -0.00000109. The molecule has 1 saturated heterocycles. The molecule has 0 bridgehead atoms. The van der Waals surface area contributed by atoms with Gasteiger partial charge in [0.25, 0.3) is 62.5 Å². The fourth-order valence-electron chi connectivity index (χ4n) is 7.52. The predicted octanol–water partition coefficient (Wildman–Crippen LogP) is -3.27. The van der Waals surface area contributed by atoms with E-state index in [1.807, 2.05) is 0 Å². The number of carboxylic acids is 2. The third kappa shape index (κ3) is 27.7. The maximum atomic E-state index is 12.2. The third-order valence-corrected chi connectivity index (χ3v) is 14.5. The fourth-order valence-corrected chi connectivity index (χ4v) is 8.72.